The monoisotopic (exact) mass is 306 g/mol. The highest BCUT2D eigenvalue weighted by Gasteiger charge is 2.21. The van der Waals surface area contributed by atoms with Gasteiger partial charge in [-0.15, -0.1) is 0 Å². The van der Waals surface area contributed by atoms with Crippen molar-refractivity contribution in [1.82, 2.24) is 9.97 Å². The molecule has 1 aromatic heterocycles. The van der Waals surface area contributed by atoms with Gasteiger partial charge in [0, 0.05) is 7.05 Å². The number of methoxy groups -OCH3 is 1. The van der Waals surface area contributed by atoms with Crippen LogP contribution in [0.1, 0.15) is 16.1 Å². The molecule has 0 atom stereocenters. The second-order valence-corrected chi connectivity index (χ2v) is 4.49. The fourth-order valence-electron chi connectivity index (χ4n) is 2.08. The molecule has 2 aromatic rings. The Kier molecular flexibility index (Phi) is 4.11. The SMILES string of the molecule is CNc1c(N)nc(-c2ccc(C)c(OC)c2F)nc1C(=O)O. The van der Waals surface area contributed by atoms with Gasteiger partial charge in [0.15, 0.2) is 28.9 Å². The van der Waals surface area contributed by atoms with Crippen LogP contribution in [-0.4, -0.2) is 35.2 Å². The summed E-state index contributed by atoms with van der Waals surface area (Å²) in [5.74, 6) is -2.11. The molecule has 2 rings (SSSR count). The number of anilines is 2. The number of carbonyl (C=O) groups is 1. The van der Waals surface area contributed by atoms with Crippen LogP contribution in [0.2, 0.25) is 0 Å². The average Bonchev–Trinajstić information content (AvgIpc) is 2.46. The van der Waals surface area contributed by atoms with E-state index in [1.54, 1.807) is 13.0 Å². The zero-order valence-corrected chi connectivity index (χ0v) is 12.3. The summed E-state index contributed by atoms with van der Waals surface area (Å²) in [4.78, 5) is 19.1. The number of ether oxygens (including phenoxy) is 1. The summed E-state index contributed by atoms with van der Waals surface area (Å²) in [6.45, 7) is 1.69. The lowest BCUT2D eigenvalue weighted by atomic mass is 10.1. The predicted octanol–water partition coefficient (Wildman–Crippen LogP) is 1.92. The van der Waals surface area contributed by atoms with Gasteiger partial charge in [-0.25, -0.2) is 19.2 Å². The Labute approximate surface area is 126 Å². The number of hydrogen-bond donors (Lipinski definition) is 3. The summed E-state index contributed by atoms with van der Waals surface area (Å²) >= 11 is 0. The van der Waals surface area contributed by atoms with E-state index in [-0.39, 0.29) is 34.3 Å². The van der Waals surface area contributed by atoms with Gasteiger partial charge in [-0.05, 0) is 18.6 Å². The molecule has 7 nitrogen and oxygen atoms in total. The second kappa shape index (κ2) is 5.84. The molecule has 116 valence electrons. The summed E-state index contributed by atoms with van der Waals surface area (Å²) in [6, 6.07) is 3.08. The number of hydrogen-bond acceptors (Lipinski definition) is 6. The number of aromatic nitrogens is 2. The van der Waals surface area contributed by atoms with Crippen LogP contribution in [-0.2, 0) is 0 Å². The maximum absolute atomic E-state index is 14.5. The minimum absolute atomic E-state index is 0.0132. The first-order valence-electron chi connectivity index (χ1n) is 6.32. The van der Waals surface area contributed by atoms with Crippen molar-refractivity contribution in [2.24, 2.45) is 0 Å². The van der Waals surface area contributed by atoms with Crippen LogP contribution in [0.5, 0.6) is 5.75 Å². The minimum atomic E-state index is -1.29. The summed E-state index contributed by atoms with van der Waals surface area (Å²) in [7, 11) is 2.84. The molecule has 8 heteroatoms. The topological polar surface area (TPSA) is 110 Å². The van der Waals surface area contributed by atoms with E-state index in [1.807, 2.05) is 0 Å². The van der Waals surface area contributed by atoms with Crippen molar-refractivity contribution in [1.29, 1.82) is 0 Å². The fraction of sp³-hybridized carbons (Fsp3) is 0.214. The Balaban J connectivity index is 2.71. The van der Waals surface area contributed by atoms with Gasteiger partial charge in [0.25, 0.3) is 0 Å². The van der Waals surface area contributed by atoms with Crippen LogP contribution in [0.15, 0.2) is 12.1 Å². The van der Waals surface area contributed by atoms with E-state index >= 15 is 0 Å². The smallest absolute Gasteiger partial charge is 0.356 e. The molecule has 1 aromatic carbocycles. The minimum Gasteiger partial charge on any atom is -0.493 e. The molecule has 0 aliphatic carbocycles. The van der Waals surface area contributed by atoms with E-state index in [2.05, 4.69) is 15.3 Å². The number of carboxylic acid groups (broad SMARTS) is 1. The van der Waals surface area contributed by atoms with Gasteiger partial charge >= 0.3 is 5.97 Å². The zero-order valence-electron chi connectivity index (χ0n) is 12.3. The molecule has 0 aliphatic heterocycles. The normalized spacial score (nSPS) is 10.4. The highest BCUT2D eigenvalue weighted by molar-refractivity contribution is 5.95. The largest absolute Gasteiger partial charge is 0.493 e. The Morgan fingerprint density at radius 3 is 2.64 bits per heavy atom. The van der Waals surface area contributed by atoms with Crippen molar-refractivity contribution >= 4 is 17.5 Å². The quantitative estimate of drug-likeness (QED) is 0.791. The maximum atomic E-state index is 14.5. The lowest BCUT2D eigenvalue weighted by Gasteiger charge is -2.12. The van der Waals surface area contributed by atoms with Crippen LogP contribution < -0.4 is 15.8 Å². The van der Waals surface area contributed by atoms with Crippen molar-refractivity contribution in [2.75, 3.05) is 25.2 Å². The summed E-state index contributed by atoms with van der Waals surface area (Å²) in [6.07, 6.45) is 0. The number of aromatic carboxylic acids is 1. The molecule has 0 radical (unpaired) electrons. The van der Waals surface area contributed by atoms with Crippen molar-refractivity contribution < 1.29 is 19.0 Å². The molecule has 0 aliphatic rings. The number of rotatable bonds is 4. The number of nitrogens with one attached hydrogen (secondary N) is 1. The van der Waals surface area contributed by atoms with E-state index in [0.717, 1.165) is 0 Å². The third-order valence-corrected chi connectivity index (χ3v) is 3.13. The van der Waals surface area contributed by atoms with E-state index in [4.69, 9.17) is 10.5 Å². The molecule has 4 N–H and O–H groups in total. The molecule has 0 saturated carbocycles. The summed E-state index contributed by atoms with van der Waals surface area (Å²) in [5.41, 5.74) is 6.09. The van der Waals surface area contributed by atoms with Gasteiger partial charge in [-0.1, -0.05) is 6.07 Å². The zero-order chi connectivity index (χ0) is 16.4. The third kappa shape index (κ3) is 2.50. The molecule has 0 unspecified atom stereocenters. The molecule has 0 fully saturated rings. The van der Waals surface area contributed by atoms with Crippen molar-refractivity contribution in [3.63, 3.8) is 0 Å². The number of carboxylic acids is 1. The Bertz CT molecular complexity index is 749. The van der Waals surface area contributed by atoms with Gasteiger partial charge < -0.3 is 20.9 Å². The van der Waals surface area contributed by atoms with Crippen molar-refractivity contribution in [2.45, 2.75) is 6.92 Å². The number of nitrogen functional groups attached to an aromatic ring is 1. The van der Waals surface area contributed by atoms with Crippen LogP contribution in [0.4, 0.5) is 15.9 Å². The highest BCUT2D eigenvalue weighted by atomic mass is 19.1. The molecular weight excluding hydrogens is 291 g/mol. The lowest BCUT2D eigenvalue weighted by Crippen LogP contribution is -2.12. The van der Waals surface area contributed by atoms with Crippen molar-refractivity contribution in [3.05, 3.63) is 29.2 Å². The average molecular weight is 306 g/mol. The molecule has 1 heterocycles. The van der Waals surface area contributed by atoms with E-state index in [1.165, 1.54) is 20.2 Å². The van der Waals surface area contributed by atoms with Crippen molar-refractivity contribution in [3.8, 4) is 17.1 Å². The summed E-state index contributed by atoms with van der Waals surface area (Å²) in [5, 5.41) is 11.8. The van der Waals surface area contributed by atoms with E-state index < -0.39 is 11.8 Å². The summed E-state index contributed by atoms with van der Waals surface area (Å²) < 4.78 is 19.5. The first kappa shape index (κ1) is 15.5. The molecular formula is C14H15FN4O3. The molecule has 0 amide bonds. The van der Waals surface area contributed by atoms with Gasteiger partial charge in [-0.3, -0.25) is 0 Å². The van der Waals surface area contributed by atoms with Gasteiger partial charge in [0.05, 0.1) is 12.7 Å². The lowest BCUT2D eigenvalue weighted by molar-refractivity contribution is 0.0691. The van der Waals surface area contributed by atoms with Crippen LogP contribution in [0, 0.1) is 12.7 Å². The number of nitrogens with two attached hydrogens (primary N) is 1. The first-order valence-corrected chi connectivity index (χ1v) is 6.32. The maximum Gasteiger partial charge on any atom is 0.356 e. The third-order valence-electron chi connectivity index (χ3n) is 3.13. The number of halogens is 1. The molecule has 0 spiro atoms. The Morgan fingerprint density at radius 1 is 1.41 bits per heavy atom. The fourth-order valence-corrected chi connectivity index (χ4v) is 2.08. The van der Waals surface area contributed by atoms with Crippen LogP contribution in [0.25, 0.3) is 11.4 Å². The molecule has 0 bridgehead atoms. The highest BCUT2D eigenvalue weighted by Crippen LogP contribution is 2.32. The number of nitrogens with zero attached hydrogens (tertiary/aromatic N) is 2. The van der Waals surface area contributed by atoms with Gasteiger partial charge in [-0.2, -0.15) is 0 Å². The molecule has 0 saturated heterocycles. The van der Waals surface area contributed by atoms with Crippen LogP contribution in [0.3, 0.4) is 0 Å². The molecule has 22 heavy (non-hydrogen) atoms. The first-order chi connectivity index (χ1) is 10.4. The van der Waals surface area contributed by atoms with E-state index in [9.17, 15) is 14.3 Å². The number of aryl methyl sites for hydroxylation is 1. The predicted molar refractivity (Wildman–Crippen MR) is 79.6 cm³/mol. The van der Waals surface area contributed by atoms with E-state index in [0.29, 0.717) is 5.56 Å². The van der Waals surface area contributed by atoms with Gasteiger partial charge in [0.2, 0.25) is 0 Å². The Hall–Kier alpha value is -2.90. The Morgan fingerprint density at radius 2 is 2.09 bits per heavy atom. The number of benzene rings is 1. The van der Waals surface area contributed by atoms with Gasteiger partial charge in [0.1, 0.15) is 5.69 Å². The van der Waals surface area contributed by atoms with Crippen LogP contribution >= 0.6 is 0 Å². The standard InChI is InChI=1S/C14H15FN4O3/c1-6-4-5-7(8(15)11(6)22-3)13-18-10(14(20)21)9(17-2)12(16)19-13/h4-5,17H,1-3H3,(H,20,21)(H2,16,18,19). The second-order valence-electron chi connectivity index (χ2n) is 4.49.